The second kappa shape index (κ2) is 3.42. The highest BCUT2D eigenvalue weighted by molar-refractivity contribution is 5.92. The maximum Gasteiger partial charge on any atom is 0.140 e. The van der Waals surface area contributed by atoms with Gasteiger partial charge in [0.15, 0.2) is 0 Å². The van der Waals surface area contributed by atoms with E-state index in [1.807, 2.05) is 59.4 Å². The Bertz CT molecular complexity index is 626. The van der Waals surface area contributed by atoms with Crippen LogP contribution in [0.4, 0.5) is 0 Å². The highest BCUT2D eigenvalue weighted by atomic mass is 16.3. The second-order valence-electron chi connectivity index (χ2n) is 3.74. The number of phenolic OH excluding ortho intramolecular Hbond substituents is 1. The fraction of sp³-hybridized carbons (Fsp3) is 0. The van der Waals surface area contributed by atoms with Crippen LogP contribution in [0.25, 0.3) is 16.5 Å². The monoisotopic (exact) mass is 209 g/mol. The molecule has 0 aliphatic heterocycles. The van der Waals surface area contributed by atoms with Gasteiger partial charge in [0.1, 0.15) is 5.75 Å². The summed E-state index contributed by atoms with van der Waals surface area (Å²) in [6, 6.07) is 15.6. The van der Waals surface area contributed by atoms with E-state index in [4.69, 9.17) is 0 Å². The van der Waals surface area contributed by atoms with E-state index >= 15 is 0 Å². The quantitative estimate of drug-likeness (QED) is 0.653. The van der Waals surface area contributed by atoms with E-state index in [0.717, 1.165) is 16.5 Å². The van der Waals surface area contributed by atoms with Gasteiger partial charge in [0, 0.05) is 17.8 Å². The summed E-state index contributed by atoms with van der Waals surface area (Å²) in [5.74, 6) is 0.301. The minimum Gasteiger partial charge on any atom is -0.506 e. The highest BCUT2D eigenvalue weighted by Crippen LogP contribution is 2.30. The zero-order chi connectivity index (χ0) is 11.0. The standard InChI is InChI=1S/C14H11NO/c16-13-8-7-11-5-1-2-6-12(11)14(13)15-9-3-4-10-15/h1-10,16H. The van der Waals surface area contributed by atoms with E-state index in [1.54, 1.807) is 6.07 Å². The zero-order valence-electron chi connectivity index (χ0n) is 8.67. The van der Waals surface area contributed by atoms with Crippen molar-refractivity contribution in [3.8, 4) is 11.4 Å². The Morgan fingerprint density at radius 1 is 0.812 bits per heavy atom. The molecular weight excluding hydrogens is 198 g/mol. The van der Waals surface area contributed by atoms with Gasteiger partial charge in [0.05, 0.1) is 5.69 Å². The van der Waals surface area contributed by atoms with Crippen LogP contribution in [0.1, 0.15) is 0 Å². The lowest BCUT2D eigenvalue weighted by molar-refractivity contribution is 0.473. The molecule has 3 rings (SSSR count). The number of aromatic hydroxyl groups is 1. The predicted octanol–water partition coefficient (Wildman–Crippen LogP) is 3.34. The molecule has 0 radical (unpaired) electrons. The van der Waals surface area contributed by atoms with Gasteiger partial charge in [-0.25, -0.2) is 0 Å². The van der Waals surface area contributed by atoms with Gasteiger partial charge >= 0.3 is 0 Å². The number of rotatable bonds is 1. The van der Waals surface area contributed by atoms with Crippen molar-refractivity contribution in [1.82, 2.24) is 4.57 Å². The van der Waals surface area contributed by atoms with Crippen molar-refractivity contribution in [1.29, 1.82) is 0 Å². The molecule has 0 aliphatic carbocycles. The van der Waals surface area contributed by atoms with Crippen LogP contribution in [0.3, 0.4) is 0 Å². The van der Waals surface area contributed by atoms with Crippen molar-refractivity contribution in [2.24, 2.45) is 0 Å². The summed E-state index contributed by atoms with van der Waals surface area (Å²) in [7, 11) is 0. The first-order valence-electron chi connectivity index (χ1n) is 5.20. The molecule has 1 N–H and O–H groups in total. The molecule has 78 valence electrons. The minimum absolute atomic E-state index is 0.301. The van der Waals surface area contributed by atoms with Crippen LogP contribution in [-0.4, -0.2) is 9.67 Å². The van der Waals surface area contributed by atoms with Gasteiger partial charge < -0.3 is 9.67 Å². The largest absolute Gasteiger partial charge is 0.506 e. The molecule has 0 atom stereocenters. The molecule has 1 heterocycles. The molecular formula is C14H11NO. The normalized spacial score (nSPS) is 10.8. The Hall–Kier alpha value is -2.22. The lowest BCUT2D eigenvalue weighted by Crippen LogP contribution is -1.91. The van der Waals surface area contributed by atoms with Gasteiger partial charge in [0.25, 0.3) is 0 Å². The van der Waals surface area contributed by atoms with Gasteiger partial charge in [-0.15, -0.1) is 0 Å². The lowest BCUT2D eigenvalue weighted by Gasteiger charge is -2.09. The van der Waals surface area contributed by atoms with Gasteiger partial charge in [-0.3, -0.25) is 0 Å². The summed E-state index contributed by atoms with van der Waals surface area (Å²) in [4.78, 5) is 0. The molecule has 2 heteroatoms. The van der Waals surface area contributed by atoms with Crippen molar-refractivity contribution in [3.05, 3.63) is 60.9 Å². The Morgan fingerprint density at radius 3 is 2.38 bits per heavy atom. The van der Waals surface area contributed by atoms with E-state index in [0.29, 0.717) is 5.75 Å². The first-order valence-corrected chi connectivity index (χ1v) is 5.20. The van der Waals surface area contributed by atoms with E-state index in [1.165, 1.54) is 0 Å². The van der Waals surface area contributed by atoms with Crippen LogP contribution in [0.5, 0.6) is 5.75 Å². The Kier molecular flexibility index (Phi) is 1.93. The highest BCUT2D eigenvalue weighted by Gasteiger charge is 2.07. The SMILES string of the molecule is Oc1ccc2ccccc2c1-n1cccc1. The summed E-state index contributed by atoms with van der Waals surface area (Å²) in [5.41, 5.74) is 0.836. The first kappa shape index (κ1) is 9.04. The summed E-state index contributed by atoms with van der Waals surface area (Å²) >= 11 is 0. The molecule has 0 saturated carbocycles. The molecule has 0 bridgehead atoms. The number of fused-ring (bicyclic) bond motifs is 1. The maximum atomic E-state index is 9.96. The first-order chi connectivity index (χ1) is 7.86. The molecule has 0 saturated heterocycles. The summed E-state index contributed by atoms with van der Waals surface area (Å²) < 4.78 is 1.93. The molecule has 3 aromatic rings. The van der Waals surface area contributed by atoms with Crippen LogP contribution >= 0.6 is 0 Å². The topological polar surface area (TPSA) is 25.2 Å². The van der Waals surface area contributed by atoms with Gasteiger partial charge in [-0.2, -0.15) is 0 Å². The van der Waals surface area contributed by atoms with Gasteiger partial charge in [-0.1, -0.05) is 30.3 Å². The second-order valence-corrected chi connectivity index (χ2v) is 3.74. The molecule has 2 aromatic carbocycles. The van der Waals surface area contributed by atoms with Crippen molar-refractivity contribution >= 4 is 10.8 Å². The third-order valence-electron chi connectivity index (χ3n) is 2.74. The van der Waals surface area contributed by atoms with E-state index in [9.17, 15) is 5.11 Å². The fourth-order valence-corrected chi connectivity index (χ4v) is 2.00. The lowest BCUT2D eigenvalue weighted by atomic mass is 10.1. The van der Waals surface area contributed by atoms with Crippen LogP contribution in [0.2, 0.25) is 0 Å². The molecule has 16 heavy (non-hydrogen) atoms. The van der Waals surface area contributed by atoms with E-state index in [-0.39, 0.29) is 0 Å². The third-order valence-corrected chi connectivity index (χ3v) is 2.74. The number of nitrogens with zero attached hydrogens (tertiary/aromatic N) is 1. The number of phenols is 1. The molecule has 1 aromatic heterocycles. The fourth-order valence-electron chi connectivity index (χ4n) is 2.00. The van der Waals surface area contributed by atoms with Crippen LogP contribution < -0.4 is 0 Å². The Labute approximate surface area is 93.4 Å². The number of benzene rings is 2. The number of aromatic nitrogens is 1. The summed E-state index contributed by atoms with van der Waals surface area (Å²) in [6.45, 7) is 0. The van der Waals surface area contributed by atoms with Crippen LogP contribution in [0.15, 0.2) is 60.9 Å². The van der Waals surface area contributed by atoms with Crippen molar-refractivity contribution in [2.45, 2.75) is 0 Å². The summed E-state index contributed by atoms with van der Waals surface area (Å²) in [5, 5.41) is 12.1. The average molecular weight is 209 g/mol. The predicted molar refractivity (Wildman–Crippen MR) is 64.9 cm³/mol. The van der Waals surface area contributed by atoms with Crippen molar-refractivity contribution in [2.75, 3.05) is 0 Å². The van der Waals surface area contributed by atoms with Gasteiger partial charge in [0.2, 0.25) is 0 Å². The Morgan fingerprint density at radius 2 is 1.56 bits per heavy atom. The van der Waals surface area contributed by atoms with E-state index in [2.05, 4.69) is 0 Å². The molecule has 0 unspecified atom stereocenters. The third kappa shape index (κ3) is 1.27. The smallest absolute Gasteiger partial charge is 0.140 e. The Balaban J connectivity index is 2.42. The maximum absolute atomic E-state index is 9.96. The average Bonchev–Trinajstić information content (AvgIpc) is 2.82. The molecule has 0 amide bonds. The van der Waals surface area contributed by atoms with Crippen LogP contribution in [-0.2, 0) is 0 Å². The summed E-state index contributed by atoms with van der Waals surface area (Å²) in [6.07, 6.45) is 3.86. The van der Waals surface area contributed by atoms with Crippen LogP contribution in [0, 0.1) is 0 Å². The minimum atomic E-state index is 0.301. The van der Waals surface area contributed by atoms with Crippen molar-refractivity contribution < 1.29 is 5.11 Å². The van der Waals surface area contributed by atoms with Gasteiger partial charge in [-0.05, 0) is 23.6 Å². The van der Waals surface area contributed by atoms with E-state index < -0.39 is 0 Å². The van der Waals surface area contributed by atoms with Crippen molar-refractivity contribution in [3.63, 3.8) is 0 Å². The molecule has 0 aliphatic rings. The zero-order valence-corrected chi connectivity index (χ0v) is 8.67. The number of hydrogen-bond donors (Lipinski definition) is 1. The molecule has 0 fully saturated rings. The molecule has 2 nitrogen and oxygen atoms in total. The number of hydrogen-bond acceptors (Lipinski definition) is 1. The molecule has 0 spiro atoms.